The number of hydrogen-bond acceptors (Lipinski definition) is 4. The van der Waals surface area contributed by atoms with E-state index in [4.69, 9.17) is 9.84 Å². The van der Waals surface area contributed by atoms with E-state index < -0.39 is 6.09 Å². The van der Waals surface area contributed by atoms with Gasteiger partial charge in [0.2, 0.25) is 0 Å². The number of ether oxygens (including phenoxy) is 1. The molecule has 2 aromatic carbocycles. The molecule has 1 saturated heterocycles. The molecule has 0 aliphatic carbocycles. The summed E-state index contributed by atoms with van der Waals surface area (Å²) in [5, 5.41) is 11.7. The molecule has 0 unspecified atom stereocenters. The Morgan fingerprint density at radius 3 is 2.45 bits per heavy atom. The van der Waals surface area contributed by atoms with Crippen LogP contribution in [0.1, 0.15) is 28.8 Å². The molecule has 7 nitrogen and oxygen atoms in total. The van der Waals surface area contributed by atoms with E-state index in [1.54, 1.807) is 7.05 Å². The molecular weight excluding hydrogens is 370 g/mol. The number of rotatable bonds is 4. The van der Waals surface area contributed by atoms with Gasteiger partial charge < -0.3 is 25.0 Å². The van der Waals surface area contributed by atoms with Crippen LogP contribution in [0.3, 0.4) is 0 Å². The second kappa shape index (κ2) is 8.03. The molecule has 0 saturated carbocycles. The molecule has 7 heteroatoms. The van der Waals surface area contributed by atoms with Gasteiger partial charge in [-0.1, -0.05) is 6.07 Å². The van der Waals surface area contributed by atoms with Crippen molar-refractivity contribution in [2.45, 2.75) is 25.4 Å². The lowest BCUT2D eigenvalue weighted by Gasteiger charge is -2.30. The molecule has 2 N–H and O–H groups in total. The van der Waals surface area contributed by atoms with E-state index in [0.29, 0.717) is 31.5 Å². The van der Waals surface area contributed by atoms with Crippen LogP contribution in [-0.4, -0.2) is 54.8 Å². The summed E-state index contributed by atoms with van der Waals surface area (Å²) in [5.74, 6) is 0.795. The third-order valence-corrected chi connectivity index (χ3v) is 5.66. The Morgan fingerprint density at radius 2 is 1.79 bits per heavy atom. The summed E-state index contributed by atoms with van der Waals surface area (Å²) in [6, 6.07) is 13.7. The van der Waals surface area contributed by atoms with Crippen LogP contribution < -0.4 is 15.0 Å². The van der Waals surface area contributed by atoms with E-state index >= 15 is 0 Å². The first-order valence-electron chi connectivity index (χ1n) is 9.93. The molecule has 0 bridgehead atoms. The first kappa shape index (κ1) is 19.1. The van der Waals surface area contributed by atoms with Crippen molar-refractivity contribution in [2.75, 3.05) is 31.6 Å². The van der Waals surface area contributed by atoms with Gasteiger partial charge in [0.25, 0.3) is 5.91 Å². The van der Waals surface area contributed by atoms with Crippen LogP contribution in [-0.2, 0) is 6.42 Å². The number of nitrogens with zero attached hydrogens (tertiary/aromatic N) is 2. The van der Waals surface area contributed by atoms with Gasteiger partial charge in [-0.2, -0.15) is 0 Å². The monoisotopic (exact) mass is 395 g/mol. The fourth-order valence-corrected chi connectivity index (χ4v) is 4.06. The molecule has 2 amide bonds. The van der Waals surface area contributed by atoms with Crippen LogP contribution in [0.5, 0.6) is 5.75 Å². The number of likely N-dealkylation sites (tertiary alicyclic amines) is 1. The van der Waals surface area contributed by atoms with Crippen molar-refractivity contribution in [3.05, 3.63) is 53.6 Å². The van der Waals surface area contributed by atoms with Crippen molar-refractivity contribution in [3.8, 4) is 5.75 Å². The quantitative estimate of drug-likeness (QED) is 0.830. The Morgan fingerprint density at radius 1 is 1.07 bits per heavy atom. The molecule has 2 aromatic rings. The predicted molar refractivity (Wildman–Crippen MR) is 110 cm³/mol. The normalized spacial score (nSPS) is 16.4. The van der Waals surface area contributed by atoms with Crippen molar-refractivity contribution in [1.82, 2.24) is 10.2 Å². The number of carboxylic acid groups (broad SMARTS) is 1. The van der Waals surface area contributed by atoms with Crippen LogP contribution in [0.25, 0.3) is 0 Å². The van der Waals surface area contributed by atoms with E-state index in [-0.39, 0.29) is 12.0 Å². The van der Waals surface area contributed by atoms with Crippen LogP contribution in [0.15, 0.2) is 42.5 Å². The predicted octanol–water partition coefficient (Wildman–Crippen LogP) is 3.26. The van der Waals surface area contributed by atoms with Crippen molar-refractivity contribution >= 4 is 23.4 Å². The maximum absolute atomic E-state index is 11.8. The summed E-state index contributed by atoms with van der Waals surface area (Å²) in [4.78, 5) is 26.5. The number of anilines is 2. The highest BCUT2D eigenvalue weighted by atomic mass is 16.5. The summed E-state index contributed by atoms with van der Waals surface area (Å²) < 4.78 is 6.28. The standard InChI is InChI=1S/C22H25N3O4/c1-23-21(26)15-5-7-16(8-6-15)25-14-11-18-19(25)3-2-4-20(18)29-17-9-12-24(13-10-17)22(27)28/h2-8,17H,9-14H2,1H3,(H,23,26)(H,27,28). The van der Waals surface area contributed by atoms with E-state index in [1.807, 2.05) is 36.4 Å². The van der Waals surface area contributed by atoms with Gasteiger partial charge in [-0.3, -0.25) is 4.79 Å². The molecule has 0 spiro atoms. The first-order valence-corrected chi connectivity index (χ1v) is 9.93. The van der Waals surface area contributed by atoms with Gasteiger partial charge in [-0.05, 0) is 42.8 Å². The van der Waals surface area contributed by atoms with Gasteiger partial charge in [0.15, 0.2) is 0 Å². The van der Waals surface area contributed by atoms with Gasteiger partial charge in [0.05, 0.1) is 0 Å². The molecule has 0 atom stereocenters. The maximum atomic E-state index is 11.8. The Hall–Kier alpha value is -3.22. The Bertz CT molecular complexity index is 905. The molecule has 0 radical (unpaired) electrons. The number of nitrogens with one attached hydrogen (secondary N) is 1. The van der Waals surface area contributed by atoms with Crippen molar-refractivity contribution in [2.24, 2.45) is 0 Å². The number of fused-ring (bicyclic) bond motifs is 1. The molecule has 2 aliphatic rings. The summed E-state index contributed by atoms with van der Waals surface area (Å²) in [6.07, 6.45) is 1.48. The molecule has 2 aliphatic heterocycles. The summed E-state index contributed by atoms with van der Waals surface area (Å²) in [6.45, 7) is 1.88. The number of carbonyl (C=O) groups excluding carboxylic acids is 1. The minimum Gasteiger partial charge on any atom is -0.490 e. The van der Waals surface area contributed by atoms with Gasteiger partial charge in [-0.25, -0.2) is 4.79 Å². The zero-order chi connectivity index (χ0) is 20.4. The molecule has 4 rings (SSSR count). The van der Waals surface area contributed by atoms with Gasteiger partial charge in [0.1, 0.15) is 11.9 Å². The van der Waals surface area contributed by atoms with E-state index in [1.165, 1.54) is 10.5 Å². The van der Waals surface area contributed by atoms with E-state index in [2.05, 4.69) is 16.3 Å². The van der Waals surface area contributed by atoms with E-state index in [0.717, 1.165) is 30.1 Å². The smallest absolute Gasteiger partial charge is 0.407 e. The Labute approximate surface area is 169 Å². The highest BCUT2D eigenvalue weighted by Gasteiger charge is 2.27. The maximum Gasteiger partial charge on any atom is 0.407 e. The number of benzene rings is 2. The first-order chi connectivity index (χ1) is 14.1. The third kappa shape index (κ3) is 3.85. The SMILES string of the molecule is CNC(=O)c1ccc(N2CCc3c(OC4CCN(C(=O)O)CC4)cccc32)cc1. The lowest BCUT2D eigenvalue weighted by atomic mass is 10.1. The second-order valence-corrected chi connectivity index (χ2v) is 7.37. The van der Waals surface area contributed by atoms with Crippen LogP contribution in [0.4, 0.5) is 16.2 Å². The highest BCUT2D eigenvalue weighted by molar-refractivity contribution is 5.94. The number of amides is 2. The van der Waals surface area contributed by atoms with Crippen molar-refractivity contribution < 1.29 is 19.4 Å². The molecule has 0 aromatic heterocycles. The zero-order valence-corrected chi connectivity index (χ0v) is 16.4. The summed E-state index contributed by atoms with van der Waals surface area (Å²) >= 11 is 0. The van der Waals surface area contributed by atoms with Crippen LogP contribution >= 0.6 is 0 Å². The van der Waals surface area contributed by atoms with Crippen molar-refractivity contribution in [1.29, 1.82) is 0 Å². The minimum atomic E-state index is -0.859. The zero-order valence-electron chi connectivity index (χ0n) is 16.4. The Balaban J connectivity index is 1.49. The van der Waals surface area contributed by atoms with Crippen LogP contribution in [0, 0.1) is 0 Å². The average Bonchev–Trinajstić information content (AvgIpc) is 3.19. The lowest BCUT2D eigenvalue weighted by molar-refractivity contribution is 0.0890. The summed E-state index contributed by atoms with van der Waals surface area (Å²) in [5.41, 5.74) is 3.99. The average molecular weight is 395 g/mol. The third-order valence-electron chi connectivity index (χ3n) is 5.66. The summed E-state index contributed by atoms with van der Waals surface area (Å²) in [7, 11) is 1.62. The fraction of sp³-hybridized carbons (Fsp3) is 0.364. The molecule has 29 heavy (non-hydrogen) atoms. The minimum absolute atomic E-state index is 0.0398. The van der Waals surface area contributed by atoms with E-state index in [9.17, 15) is 9.59 Å². The molecular formula is C22H25N3O4. The lowest BCUT2D eigenvalue weighted by Crippen LogP contribution is -2.41. The second-order valence-electron chi connectivity index (χ2n) is 7.37. The van der Waals surface area contributed by atoms with Gasteiger partial charge >= 0.3 is 6.09 Å². The van der Waals surface area contributed by atoms with Gasteiger partial charge in [0, 0.05) is 62.0 Å². The number of hydrogen-bond donors (Lipinski definition) is 2. The van der Waals surface area contributed by atoms with Crippen LogP contribution in [0.2, 0.25) is 0 Å². The molecule has 1 fully saturated rings. The molecule has 152 valence electrons. The highest BCUT2D eigenvalue weighted by Crippen LogP contribution is 2.40. The van der Waals surface area contributed by atoms with Gasteiger partial charge in [-0.15, -0.1) is 0 Å². The number of carbonyl (C=O) groups is 2. The topological polar surface area (TPSA) is 82.1 Å². The van der Waals surface area contributed by atoms with Crippen molar-refractivity contribution in [3.63, 3.8) is 0 Å². The largest absolute Gasteiger partial charge is 0.490 e. The number of piperidine rings is 1. The molecule has 2 heterocycles. The Kier molecular flexibility index (Phi) is 5.29. The fourth-order valence-electron chi connectivity index (χ4n) is 4.06.